The number of nitrogens with zero attached hydrogens (tertiary/aromatic N) is 2. The maximum absolute atomic E-state index is 13.3. The van der Waals surface area contributed by atoms with Crippen LogP contribution in [0.15, 0.2) is 46.9 Å². The number of hydrogen-bond acceptors (Lipinski definition) is 3. The van der Waals surface area contributed by atoms with Crippen LogP contribution in [-0.2, 0) is 4.79 Å². The van der Waals surface area contributed by atoms with E-state index in [4.69, 9.17) is 17.0 Å². The normalized spacial score (nSPS) is 25.5. The van der Waals surface area contributed by atoms with Crippen LogP contribution in [0.1, 0.15) is 24.1 Å². The van der Waals surface area contributed by atoms with Gasteiger partial charge in [0.15, 0.2) is 10.8 Å². The summed E-state index contributed by atoms with van der Waals surface area (Å²) < 4.78 is 7.47. The highest BCUT2D eigenvalue weighted by atomic mass is 79.9. The van der Waals surface area contributed by atoms with E-state index in [2.05, 4.69) is 27.3 Å². The Kier molecular flexibility index (Phi) is 4.62. The summed E-state index contributed by atoms with van der Waals surface area (Å²) in [6, 6.07) is 13.7. The number of nitrogens with one attached hydrogen (secondary N) is 1. The Balaban J connectivity index is 1.93. The molecule has 28 heavy (non-hydrogen) atoms. The van der Waals surface area contributed by atoms with Crippen molar-refractivity contribution in [1.82, 2.24) is 10.2 Å². The average molecular weight is 460 g/mol. The van der Waals surface area contributed by atoms with Crippen molar-refractivity contribution in [3.63, 3.8) is 0 Å². The van der Waals surface area contributed by atoms with E-state index in [1.165, 1.54) is 0 Å². The third-order valence-electron chi connectivity index (χ3n) is 5.43. The molecule has 4 rings (SSSR count). The maximum atomic E-state index is 13.3. The van der Waals surface area contributed by atoms with Crippen molar-refractivity contribution < 1.29 is 9.53 Å². The SMILES string of the molecule is Cc1cccc(N2C(=S)N[C@H]3c4cc(Br)ccc4O[C@@]2(C)[C@H]3C(=O)N(C)C)c1. The number of rotatable bonds is 2. The monoisotopic (exact) mass is 459 g/mol. The van der Waals surface area contributed by atoms with Crippen molar-refractivity contribution in [3.05, 3.63) is 58.1 Å². The van der Waals surface area contributed by atoms with Crippen molar-refractivity contribution in [1.29, 1.82) is 0 Å². The fraction of sp³-hybridized carbons (Fsp3) is 0.333. The lowest BCUT2D eigenvalue weighted by atomic mass is 9.78. The topological polar surface area (TPSA) is 44.8 Å². The van der Waals surface area contributed by atoms with E-state index in [0.29, 0.717) is 5.11 Å². The molecule has 2 bridgehead atoms. The lowest BCUT2D eigenvalue weighted by Crippen LogP contribution is -2.72. The smallest absolute Gasteiger partial charge is 0.233 e. The van der Waals surface area contributed by atoms with Gasteiger partial charge in [-0.3, -0.25) is 9.69 Å². The first kappa shape index (κ1) is 19.2. The van der Waals surface area contributed by atoms with Crippen LogP contribution >= 0.6 is 28.1 Å². The van der Waals surface area contributed by atoms with Gasteiger partial charge in [-0.1, -0.05) is 28.1 Å². The van der Waals surface area contributed by atoms with Crippen LogP contribution in [0.3, 0.4) is 0 Å². The summed E-state index contributed by atoms with van der Waals surface area (Å²) in [5.74, 6) is 0.272. The summed E-state index contributed by atoms with van der Waals surface area (Å²) in [7, 11) is 3.54. The summed E-state index contributed by atoms with van der Waals surface area (Å²) in [5.41, 5.74) is 1.98. The van der Waals surface area contributed by atoms with Crippen LogP contribution in [0, 0.1) is 12.8 Å². The quantitative estimate of drug-likeness (QED) is 0.687. The van der Waals surface area contributed by atoms with Gasteiger partial charge in [0.05, 0.1) is 6.04 Å². The van der Waals surface area contributed by atoms with Crippen LogP contribution in [0.4, 0.5) is 5.69 Å². The highest BCUT2D eigenvalue weighted by Crippen LogP contribution is 2.50. The standard InChI is InChI=1S/C21H22BrN3O2S/c1-12-6-5-7-14(10-12)25-20(28)23-18-15-11-13(22)8-9-16(15)27-21(25,2)17(18)19(26)24(3)4/h5-11,17-18H,1-4H3,(H,23,28)/t17-,18+,21+/m1/s1. The number of anilines is 1. The molecule has 3 atom stereocenters. The second-order valence-corrected chi connectivity index (χ2v) is 8.95. The molecule has 0 aliphatic carbocycles. The lowest BCUT2D eigenvalue weighted by Gasteiger charge is -2.56. The Hall–Kier alpha value is -2.12. The Morgan fingerprint density at radius 2 is 2.04 bits per heavy atom. The predicted molar refractivity (Wildman–Crippen MR) is 117 cm³/mol. The number of benzene rings is 2. The fourth-order valence-corrected chi connectivity index (χ4v) is 4.96. The molecule has 7 heteroatoms. The molecular weight excluding hydrogens is 438 g/mol. The number of thiocarbonyl (C=S) groups is 1. The van der Waals surface area contributed by atoms with Crippen LogP contribution < -0.4 is 15.0 Å². The van der Waals surface area contributed by atoms with Crippen molar-refractivity contribution in [2.75, 3.05) is 19.0 Å². The molecule has 5 nitrogen and oxygen atoms in total. The molecule has 1 fully saturated rings. The lowest BCUT2D eigenvalue weighted by molar-refractivity contribution is -0.144. The zero-order valence-electron chi connectivity index (χ0n) is 16.2. The van der Waals surface area contributed by atoms with Gasteiger partial charge in [-0.2, -0.15) is 0 Å². The van der Waals surface area contributed by atoms with E-state index >= 15 is 0 Å². The largest absolute Gasteiger partial charge is 0.467 e. The van der Waals surface area contributed by atoms with E-state index in [-0.39, 0.29) is 11.9 Å². The molecular formula is C21H22BrN3O2S. The van der Waals surface area contributed by atoms with E-state index in [9.17, 15) is 4.79 Å². The molecule has 0 unspecified atom stereocenters. The summed E-state index contributed by atoms with van der Waals surface area (Å²) >= 11 is 9.27. The number of hydrogen-bond donors (Lipinski definition) is 1. The van der Waals surface area contributed by atoms with Gasteiger partial charge in [0, 0.05) is 29.8 Å². The van der Waals surface area contributed by atoms with Gasteiger partial charge in [-0.05, 0) is 62.0 Å². The van der Waals surface area contributed by atoms with E-state index in [0.717, 1.165) is 27.0 Å². The molecule has 0 saturated carbocycles. The van der Waals surface area contributed by atoms with Gasteiger partial charge in [-0.25, -0.2) is 0 Å². The summed E-state index contributed by atoms with van der Waals surface area (Å²) in [6.07, 6.45) is 0. The Labute approximate surface area is 178 Å². The first-order valence-corrected chi connectivity index (χ1v) is 10.3. The molecule has 1 amide bonds. The van der Waals surface area contributed by atoms with Gasteiger partial charge in [0.25, 0.3) is 0 Å². The van der Waals surface area contributed by atoms with E-state index < -0.39 is 11.6 Å². The molecule has 1 N–H and O–H groups in total. The highest BCUT2D eigenvalue weighted by molar-refractivity contribution is 9.10. The Bertz CT molecular complexity index is 980. The van der Waals surface area contributed by atoms with Gasteiger partial charge in [0.2, 0.25) is 5.91 Å². The van der Waals surface area contributed by atoms with Gasteiger partial charge >= 0.3 is 0 Å². The summed E-state index contributed by atoms with van der Waals surface area (Å²) in [5, 5.41) is 3.97. The molecule has 2 aromatic carbocycles. The Morgan fingerprint density at radius 1 is 1.29 bits per heavy atom. The van der Waals surface area contributed by atoms with Crippen molar-refractivity contribution in [3.8, 4) is 5.75 Å². The third kappa shape index (κ3) is 2.88. The van der Waals surface area contributed by atoms with Gasteiger partial charge in [0.1, 0.15) is 11.7 Å². The Morgan fingerprint density at radius 3 is 2.71 bits per heavy atom. The van der Waals surface area contributed by atoms with Crippen molar-refractivity contribution in [2.24, 2.45) is 5.92 Å². The number of amides is 1. The average Bonchev–Trinajstić information content (AvgIpc) is 2.61. The highest BCUT2D eigenvalue weighted by Gasteiger charge is 2.59. The second-order valence-electron chi connectivity index (χ2n) is 7.65. The van der Waals surface area contributed by atoms with Gasteiger partial charge in [-0.15, -0.1) is 0 Å². The molecule has 2 heterocycles. The van der Waals surface area contributed by atoms with Crippen LogP contribution in [-0.4, -0.2) is 35.7 Å². The number of fused-ring (bicyclic) bond motifs is 4. The number of halogens is 1. The molecule has 2 aromatic rings. The number of carbonyl (C=O) groups is 1. The third-order valence-corrected chi connectivity index (χ3v) is 6.22. The van der Waals surface area contributed by atoms with Crippen LogP contribution in [0.25, 0.3) is 0 Å². The van der Waals surface area contributed by atoms with E-state index in [1.807, 2.05) is 55.1 Å². The first-order chi connectivity index (χ1) is 13.2. The molecule has 2 aliphatic heterocycles. The number of carbonyl (C=O) groups excluding carboxylic acids is 1. The van der Waals surface area contributed by atoms with Crippen molar-refractivity contribution >= 4 is 44.9 Å². The van der Waals surface area contributed by atoms with Gasteiger partial charge < -0.3 is 15.0 Å². The molecule has 0 aromatic heterocycles. The number of aryl methyl sites for hydroxylation is 1. The maximum Gasteiger partial charge on any atom is 0.233 e. The van der Waals surface area contributed by atoms with Crippen molar-refractivity contribution in [2.45, 2.75) is 25.6 Å². The molecule has 146 valence electrons. The summed E-state index contributed by atoms with van der Waals surface area (Å²) in [4.78, 5) is 16.8. The predicted octanol–water partition coefficient (Wildman–Crippen LogP) is 4.01. The minimum Gasteiger partial charge on any atom is -0.467 e. The van der Waals surface area contributed by atoms with E-state index in [1.54, 1.807) is 19.0 Å². The number of ether oxygens (including phenoxy) is 1. The minimum atomic E-state index is -0.955. The molecule has 0 spiro atoms. The zero-order chi connectivity index (χ0) is 20.2. The molecule has 1 saturated heterocycles. The second kappa shape index (κ2) is 6.74. The fourth-order valence-electron chi connectivity index (χ4n) is 4.17. The van der Waals surface area contributed by atoms with Crippen LogP contribution in [0.2, 0.25) is 0 Å². The molecule has 0 radical (unpaired) electrons. The minimum absolute atomic E-state index is 0.00854. The summed E-state index contributed by atoms with van der Waals surface area (Å²) in [6.45, 7) is 3.98. The first-order valence-electron chi connectivity index (χ1n) is 9.09. The van der Waals surface area contributed by atoms with Crippen LogP contribution in [0.5, 0.6) is 5.75 Å². The zero-order valence-corrected chi connectivity index (χ0v) is 18.6. The molecule has 2 aliphatic rings.